The Morgan fingerprint density at radius 3 is 2.60 bits per heavy atom. The summed E-state index contributed by atoms with van der Waals surface area (Å²) < 4.78 is 0. The van der Waals surface area contributed by atoms with Crippen LogP contribution in [0.25, 0.3) is 0 Å². The molecule has 2 heteroatoms. The standard InChI is InChI=1S/C13H22O2/c1-8(6-12(14)15)10-5-4-9-7-11(10)13(9,2)3/h8-11H,4-7H2,1-3H3,(H,14,15). The van der Waals surface area contributed by atoms with Gasteiger partial charge in [-0.1, -0.05) is 20.8 Å². The van der Waals surface area contributed by atoms with Crippen molar-refractivity contribution in [3.05, 3.63) is 0 Å². The van der Waals surface area contributed by atoms with Gasteiger partial charge in [0.1, 0.15) is 0 Å². The lowest BCUT2D eigenvalue weighted by Gasteiger charge is -2.61. The first-order valence-corrected chi connectivity index (χ1v) is 6.14. The van der Waals surface area contributed by atoms with Gasteiger partial charge in [-0.15, -0.1) is 0 Å². The molecule has 3 saturated carbocycles. The number of hydrogen-bond acceptors (Lipinski definition) is 1. The Morgan fingerprint density at radius 1 is 1.47 bits per heavy atom. The van der Waals surface area contributed by atoms with Crippen molar-refractivity contribution in [2.75, 3.05) is 0 Å². The van der Waals surface area contributed by atoms with Gasteiger partial charge in [0.15, 0.2) is 0 Å². The molecule has 0 amide bonds. The number of aliphatic carboxylic acids is 1. The molecule has 3 rings (SSSR count). The molecule has 15 heavy (non-hydrogen) atoms. The first kappa shape index (κ1) is 11.0. The number of carboxylic acid groups (broad SMARTS) is 1. The van der Waals surface area contributed by atoms with Crippen LogP contribution in [0.4, 0.5) is 0 Å². The van der Waals surface area contributed by atoms with Gasteiger partial charge in [-0.2, -0.15) is 0 Å². The van der Waals surface area contributed by atoms with E-state index in [1.807, 2.05) is 0 Å². The maximum Gasteiger partial charge on any atom is 0.303 e. The van der Waals surface area contributed by atoms with Crippen LogP contribution in [0.2, 0.25) is 0 Å². The highest BCUT2D eigenvalue weighted by atomic mass is 16.4. The van der Waals surface area contributed by atoms with Crippen molar-refractivity contribution in [2.45, 2.75) is 46.5 Å². The Hall–Kier alpha value is -0.530. The minimum Gasteiger partial charge on any atom is -0.481 e. The molecule has 3 fully saturated rings. The summed E-state index contributed by atoms with van der Waals surface area (Å²) in [5, 5.41) is 8.84. The van der Waals surface area contributed by atoms with Gasteiger partial charge in [-0.25, -0.2) is 0 Å². The van der Waals surface area contributed by atoms with E-state index in [0.29, 0.717) is 23.7 Å². The van der Waals surface area contributed by atoms with E-state index in [1.54, 1.807) is 0 Å². The Kier molecular flexibility index (Phi) is 2.56. The highest BCUT2D eigenvalue weighted by Gasteiger charge is 2.55. The zero-order valence-corrected chi connectivity index (χ0v) is 9.99. The summed E-state index contributed by atoms with van der Waals surface area (Å²) >= 11 is 0. The minimum absolute atomic E-state index is 0.349. The van der Waals surface area contributed by atoms with E-state index < -0.39 is 5.97 Å². The Labute approximate surface area is 92.1 Å². The van der Waals surface area contributed by atoms with Gasteiger partial charge in [0.05, 0.1) is 0 Å². The van der Waals surface area contributed by atoms with Gasteiger partial charge in [-0.05, 0) is 48.3 Å². The fourth-order valence-corrected chi connectivity index (χ4v) is 3.98. The van der Waals surface area contributed by atoms with E-state index in [9.17, 15) is 4.79 Å². The number of fused-ring (bicyclic) bond motifs is 2. The molecule has 4 unspecified atom stereocenters. The second kappa shape index (κ2) is 3.50. The molecule has 2 bridgehead atoms. The molecule has 0 aromatic heterocycles. The van der Waals surface area contributed by atoms with Crippen LogP contribution >= 0.6 is 0 Å². The number of rotatable bonds is 3. The van der Waals surface area contributed by atoms with Crippen molar-refractivity contribution in [1.82, 2.24) is 0 Å². The number of carboxylic acids is 1. The topological polar surface area (TPSA) is 37.3 Å². The fraction of sp³-hybridized carbons (Fsp3) is 0.923. The van der Waals surface area contributed by atoms with Gasteiger partial charge in [0.25, 0.3) is 0 Å². The summed E-state index contributed by atoms with van der Waals surface area (Å²) in [4.78, 5) is 10.7. The third-order valence-electron chi connectivity index (χ3n) is 5.14. The number of carbonyl (C=O) groups is 1. The second-order valence-electron chi connectivity index (χ2n) is 6.18. The normalized spacial score (nSPS) is 39.3. The van der Waals surface area contributed by atoms with Crippen LogP contribution in [0.3, 0.4) is 0 Å². The summed E-state index contributed by atoms with van der Waals surface area (Å²) in [6.07, 6.45) is 4.27. The summed E-state index contributed by atoms with van der Waals surface area (Å²) in [5.74, 6) is 2.07. The molecule has 0 spiro atoms. The van der Waals surface area contributed by atoms with Crippen LogP contribution in [0.5, 0.6) is 0 Å². The summed E-state index contributed by atoms with van der Waals surface area (Å²) in [6, 6.07) is 0. The van der Waals surface area contributed by atoms with Crippen LogP contribution in [-0.2, 0) is 4.79 Å². The summed E-state index contributed by atoms with van der Waals surface area (Å²) in [6.45, 7) is 6.85. The smallest absolute Gasteiger partial charge is 0.303 e. The van der Waals surface area contributed by atoms with Crippen molar-refractivity contribution >= 4 is 5.97 Å². The third-order valence-corrected chi connectivity index (χ3v) is 5.14. The third kappa shape index (κ3) is 1.68. The molecular formula is C13H22O2. The predicted octanol–water partition coefficient (Wildman–Crippen LogP) is 3.17. The summed E-state index contributed by atoms with van der Waals surface area (Å²) in [7, 11) is 0. The molecule has 1 N–H and O–H groups in total. The fourth-order valence-electron chi connectivity index (χ4n) is 3.98. The average molecular weight is 210 g/mol. The molecule has 0 aromatic carbocycles. The predicted molar refractivity (Wildman–Crippen MR) is 59.5 cm³/mol. The molecule has 0 saturated heterocycles. The van der Waals surface area contributed by atoms with Gasteiger partial charge in [0.2, 0.25) is 0 Å². The second-order valence-corrected chi connectivity index (χ2v) is 6.18. The SMILES string of the molecule is CC(CC(=O)O)C1CCC2CC1C2(C)C. The first-order valence-electron chi connectivity index (χ1n) is 6.14. The minimum atomic E-state index is -0.637. The van der Waals surface area contributed by atoms with E-state index in [-0.39, 0.29) is 0 Å². The highest BCUT2D eigenvalue weighted by molar-refractivity contribution is 5.67. The largest absolute Gasteiger partial charge is 0.481 e. The molecule has 2 nitrogen and oxygen atoms in total. The zero-order valence-electron chi connectivity index (χ0n) is 9.99. The maximum absolute atomic E-state index is 10.7. The Bertz CT molecular complexity index is 268. The highest BCUT2D eigenvalue weighted by Crippen LogP contribution is 2.62. The van der Waals surface area contributed by atoms with Crippen molar-refractivity contribution in [3.63, 3.8) is 0 Å². The molecule has 86 valence electrons. The molecule has 3 aliphatic carbocycles. The van der Waals surface area contributed by atoms with E-state index >= 15 is 0 Å². The molecule has 4 atom stereocenters. The number of hydrogen-bond donors (Lipinski definition) is 1. The van der Waals surface area contributed by atoms with Crippen LogP contribution in [-0.4, -0.2) is 11.1 Å². The van der Waals surface area contributed by atoms with Crippen LogP contribution in [0.1, 0.15) is 46.5 Å². The van der Waals surface area contributed by atoms with Crippen molar-refractivity contribution in [3.8, 4) is 0 Å². The van der Waals surface area contributed by atoms with Crippen LogP contribution < -0.4 is 0 Å². The first-order chi connectivity index (χ1) is 6.93. The average Bonchev–Trinajstić information content (AvgIpc) is 2.16. The van der Waals surface area contributed by atoms with E-state index in [1.165, 1.54) is 19.3 Å². The van der Waals surface area contributed by atoms with E-state index in [0.717, 1.165) is 11.8 Å². The van der Waals surface area contributed by atoms with E-state index in [2.05, 4.69) is 20.8 Å². The van der Waals surface area contributed by atoms with Crippen molar-refractivity contribution in [1.29, 1.82) is 0 Å². The van der Waals surface area contributed by atoms with E-state index in [4.69, 9.17) is 5.11 Å². The Balaban J connectivity index is 2.01. The van der Waals surface area contributed by atoms with Crippen molar-refractivity contribution < 1.29 is 9.90 Å². The molecule has 0 radical (unpaired) electrons. The van der Waals surface area contributed by atoms with Gasteiger partial charge >= 0.3 is 5.97 Å². The van der Waals surface area contributed by atoms with Crippen LogP contribution in [0, 0.1) is 29.1 Å². The molecule has 3 aliphatic rings. The van der Waals surface area contributed by atoms with Crippen molar-refractivity contribution in [2.24, 2.45) is 29.1 Å². The molecule has 0 aliphatic heterocycles. The van der Waals surface area contributed by atoms with Gasteiger partial charge in [0, 0.05) is 6.42 Å². The molecule has 0 aromatic rings. The quantitative estimate of drug-likeness (QED) is 0.776. The Morgan fingerprint density at radius 2 is 2.13 bits per heavy atom. The zero-order chi connectivity index (χ0) is 11.2. The molecular weight excluding hydrogens is 188 g/mol. The maximum atomic E-state index is 10.7. The lowest BCUT2D eigenvalue weighted by molar-refractivity contribution is -0.144. The van der Waals surface area contributed by atoms with Crippen LogP contribution in [0.15, 0.2) is 0 Å². The monoisotopic (exact) mass is 210 g/mol. The molecule has 0 heterocycles. The van der Waals surface area contributed by atoms with Gasteiger partial charge in [-0.3, -0.25) is 4.79 Å². The lowest BCUT2D eigenvalue weighted by atomic mass is 9.44. The lowest BCUT2D eigenvalue weighted by Crippen LogP contribution is -2.53. The van der Waals surface area contributed by atoms with Gasteiger partial charge < -0.3 is 5.11 Å². The summed E-state index contributed by atoms with van der Waals surface area (Å²) in [5.41, 5.74) is 0.482.